The Morgan fingerprint density at radius 1 is 1.29 bits per heavy atom. The van der Waals surface area contributed by atoms with Crippen LogP contribution in [0, 0.1) is 6.92 Å². The van der Waals surface area contributed by atoms with Crippen LogP contribution in [-0.2, 0) is 0 Å². The van der Waals surface area contributed by atoms with Crippen LogP contribution in [0.25, 0.3) is 17.1 Å². The predicted molar refractivity (Wildman–Crippen MR) is 109 cm³/mol. The standard InChI is InChI=1S/C22H26N4O2/c1-15(25(3)17-10-11-17)13-23-22(27)19-14-26(18-7-5-4-6-8-18)24-21(19)20-12-9-16(2)28-20/h4-9,12,14-15,17H,10-11,13H2,1-3H3,(H,23,27). The van der Waals surface area contributed by atoms with Crippen molar-refractivity contribution in [2.24, 2.45) is 0 Å². The van der Waals surface area contributed by atoms with Gasteiger partial charge < -0.3 is 9.73 Å². The molecule has 0 saturated heterocycles. The number of benzene rings is 1. The van der Waals surface area contributed by atoms with Crippen molar-refractivity contribution in [3.8, 4) is 17.1 Å². The Balaban J connectivity index is 1.59. The Bertz CT molecular complexity index is 956. The molecule has 1 aromatic carbocycles. The number of furan rings is 1. The molecule has 0 spiro atoms. The minimum Gasteiger partial charge on any atom is -0.460 e. The molecule has 0 aliphatic heterocycles. The Kier molecular flexibility index (Phi) is 5.05. The molecule has 1 fully saturated rings. The van der Waals surface area contributed by atoms with E-state index in [4.69, 9.17) is 4.42 Å². The number of para-hydroxylation sites is 1. The fourth-order valence-electron chi connectivity index (χ4n) is 3.32. The topological polar surface area (TPSA) is 63.3 Å². The van der Waals surface area contributed by atoms with E-state index in [2.05, 4.69) is 29.3 Å². The van der Waals surface area contributed by atoms with Gasteiger partial charge in [0.05, 0.1) is 11.3 Å². The summed E-state index contributed by atoms with van der Waals surface area (Å²) in [4.78, 5) is 15.3. The second-order valence-electron chi connectivity index (χ2n) is 7.54. The number of amides is 1. The number of nitrogens with zero attached hydrogens (tertiary/aromatic N) is 3. The smallest absolute Gasteiger partial charge is 0.255 e. The molecule has 0 bridgehead atoms. The lowest BCUT2D eigenvalue weighted by Gasteiger charge is -2.24. The molecule has 6 nitrogen and oxygen atoms in total. The first kappa shape index (κ1) is 18.5. The molecule has 4 rings (SSSR count). The molecule has 1 atom stereocenters. The summed E-state index contributed by atoms with van der Waals surface area (Å²) >= 11 is 0. The summed E-state index contributed by atoms with van der Waals surface area (Å²) in [5.41, 5.74) is 1.96. The van der Waals surface area contributed by atoms with Crippen LogP contribution in [0.2, 0.25) is 0 Å². The highest BCUT2D eigenvalue weighted by Crippen LogP contribution is 2.27. The first-order chi connectivity index (χ1) is 13.5. The normalized spacial score (nSPS) is 15.0. The van der Waals surface area contributed by atoms with Gasteiger partial charge >= 0.3 is 0 Å². The largest absolute Gasteiger partial charge is 0.460 e. The van der Waals surface area contributed by atoms with Gasteiger partial charge in [0.1, 0.15) is 11.5 Å². The van der Waals surface area contributed by atoms with Crippen LogP contribution in [0.4, 0.5) is 0 Å². The Labute approximate surface area is 165 Å². The lowest BCUT2D eigenvalue weighted by atomic mass is 10.2. The van der Waals surface area contributed by atoms with Gasteiger partial charge in [-0.1, -0.05) is 18.2 Å². The zero-order chi connectivity index (χ0) is 19.7. The number of hydrogen-bond acceptors (Lipinski definition) is 4. The molecule has 28 heavy (non-hydrogen) atoms. The molecule has 1 unspecified atom stereocenters. The summed E-state index contributed by atoms with van der Waals surface area (Å²) < 4.78 is 7.47. The minimum absolute atomic E-state index is 0.137. The van der Waals surface area contributed by atoms with Gasteiger partial charge in [-0.25, -0.2) is 4.68 Å². The highest BCUT2D eigenvalue weighted by atomic mass is 16.3. The average Bonchev–Trinajstić information content (AvgIpc) is 3.32. The molecule has 1 aliphatic carbocycles. The zero-order valence-electron chi connectivity index (χ0n) is 16.6. The van der Waals surface area contributed by atoms with Crippen LogP contribution in [0.5, 0.6) is 0 Å². The molecule has 1 amide bonds. The molecule has 0 radical (unpaired) electrons. The summed E-state index contributed by atoms with van der Waals surface area (Å²) in [6.45, 7) is 4.62. The van der Waals surface area contributed by atoms with Crippen molar-refractivity contribution in [3.05, 3.63) is 60.0 Å². The van der Waals surface area contributed by atoms with E-state index in [9.17, 15) is 4.79 Å². The second-order valence-corrected chi connectivity index (χ2v) is 7.54. The van der Waals surface area contributed by atoms with Crippen molar-refractivity contribution in [3.63, 3.8) is 0 Å². The highest BCUT2D eigenvalue weighted by molar-refractivity contribution is 5.99. The van der Waals surface area contributed by atoms with Crippen LogP contribution in [-0.4, -0.2) is 46.3 Å². The SMILES string of the molecule is Cc1ccc(-c2nn(-c3ccccc3)cc2C(=O)NCC(C)N(C)C2CC2)o1. The lowest BCUT2D eigenvalue weighted by molar-refractivity contribution is 0.0940. The van der Waals surface area contributed by atoms with E-state index in [0.717, 1.165) is 11.4 Å². The monoisotopic (exact) mass is 378 g/mol. The van der Waals surface area contributed by atoms with E-state index in [1.54, 1.807) is 10.9 Å². The molecular weight excluding hydrogens is 352 g/mol. The van der Waals surface area contributed by atoms with Crippen molar-refractivity contribution >= 4 is 5.91 Å². The van der Waals surface area contributed by atoms with E-state index in [0.29, 0.717) is 29.6 Å². The zero-order valence-corrected chi connectivity index (χ0v) is 16.6. The molecule has 3 aromatic rings. The van der Waals surface area contributed by atoms with E-state index in [-0.39, 0.29) is 11.9 Å². The average molecular weight is 378 g/mol. The third-order valence-corrected chi connectivity index (χ3v) is 5.33. The maximum absolute atomic E-state index is 13.0. The van der Waals surface area contributed by atoms with E-state index < -0.39 is 0 Å². The summed E-state index contributed by atoms with van der Waals surface area (Å²) in [5.74, 6) is 1.25. The minimum atomic E-state index is -0.137. The second kappa shape index (κ2) is 7.64. The van der Waals surface area contributed by atoms with Gasteiger partial charge in [-0.3, -0.25) is 9.69 Å². The molecule has 1 N–H and O–H groups in total. The molecule has 6 heteroatoms. The van der Waals surface area contributed by atoms with Crippen LogP contribution < -0.4 is 5.32 Å². The molecule has 1 saturated carbocycles. The maximum atomic E-state index is 13.0. The van der Waals surface area contributed by atoms with Crippen LogP contribution >= 0.6 is 0 Å². The number of hydrogen-bond donors (Lipinski definition) is 1. The molecular formula is C22H26N4O2. The number of likely N-dealkylation sites (N-methyl/N-ethyl adjacent to an activating group) is 1. The Morgan fingerprint density at radius 3 is 2.68 bits per heavy atom. The highest BCUT2D eigenvalue weighted by Gasteiger charge is 2.29. The summed E-state index contributed by atoms with van der Waals surface area (Å²) in [5, 5.41) is 7.71. The van der Waals surface area contributed by atoms with Gasteiger partial charge in [0.15, 0.2) is 5.76 Å². The number of aromatic nitrogens is 2. The summed E-state index contributed by atoms with van der Waals surface area (Å²) in [6.07, 6.45) is 4.27. The van der Waals surface area contributed by atoms with E-state index >= 15 is 0 Å². The number of carbonyl (C=O) groups is 1. The Morgan fingerprint density at radius 2 is 2.04 bits per heavy atom. The molecule has 1 aliphatic rings. The van der Waals surface area contributed by atoms with Crippen molar-refractivity contribution < 1.29 is 9.21 Å². The van der Waals surface area contributed by atoms with Crippen LogP contribution in [0.3, 0.4) is 0 Å². The fourth-order valence-corrected chi connectivity index (χ4v) is 3.32. The molecule has 146 valence electrons. The summed E-state index contributed by atoms with van der Waals surface area (Å²) in [7, 11) is 2.12. The first-order valence-electron chi connectivity index (χ1n) is 9.75. The van der Waals surface area contributed by atoms with Crippen molar-refractivity contribution in [2.45, 2.75) is 38.8 Å². The third-order valence-electron chi connectivity index (χ3n) is 5.33. The van der Waals surface area contributed by atoms with E-state index in [1.807, 2.05) is 49.4 Å². The number of nitrogens with one attached hydrogen (secondary N) is 1. The number of carbonyl (C=O) groups excluding carboxylic acids is 1. The van der Waals surface area contributed by atoms with Crippen LogP contribution in [0.15, 0.2) is 53.1 Å². The van der Waals surface area contributed by atoms with E-state index in [1.165, 1.54) is 12.8 Å². The quantitative estimate of drug-likeness (QED) is 0.682. The van der Waals surface area contributed by atoms with Gasteiger partial charge in [0, 0.05) is 24.8 Å². The third kappa shape index (κ3) is 3.87. The van der Waals surface area contributed by atoms with Crippen molar-refractivity contribution in [2.75, 3.05) is 13.6 Å². The van der Waals surface area contributed by atoms with Gasteiger partial charge in [0.25, 0.3) is 5.91 Å². The first-order valence-corrected chi connectivity index (χ1v) is 9.75. The van der Waals surface area contributed by atoms with Crippen molar-refractivity contribution in [1.82, 2.24) is 20.0 Å². The number of rotatable bonds is 7. The predicted octanol–water partition coefficient (Wildman–Crippen LogP) is 3.65. The van der Waals surface area contributed by atoms with Crippen molar-refractivity contribution in [1.29, 1.82) is 0 Å². The van der Waals surface area contributed by atoms with Gasteiger partial charge in [-0.15, -0.1) is 0 Å². The maximum Gasteiger partial charge on any atom is 0.255 e. The van der Waals surface area contributed by atoms with Gasteiger partial charge in [-0.2, -0.15) is 5.10 Å². The molecule has 2 heterocycles. The number of aryl methyl sites for hydroxylation is 1. The molecule has 2 aromatic heterocycles. The lowest BCUT2D eigenvalue weighted by Crippen LogP contribution is -2.41. The van der Waals surface area contributed by atoms with Gasteiger partial charge in [-0.05, 0) is 58.0 Å². The summed E-state index contributed by atoms with van der Waals surface area (Å²) in [6, 6.07) is 14.4. The fraction of sp³-hybridized carbons (Fsp3) is 0.364. The Hall–Kier alpha value is -2.86. The van der Waals surface area contributed by atoms with Crippen LogP contribution in [0.1, 0.15) is 35.9 Å². The van der Waals surface area contributed by atoms with Gasteiger partial charge in [0.2, 0.25) is 0 Å².